The van der Waals surface area contributed by atoms with Crippen molar-refractivity contribution in [2.45, 2.75) is 12.8 Å². The highest BCUT2D eigenvalue weighted by Gasteiger charge is 2.12. The summed E-state index contributed by atoms with van der Waals surface area (Å²) in [5.41, 5.74) is 13.8. The van der Waals surface area contributed by atoms with Crippen LogP contribution in [0.25, 0.3) is 0 Å². The Morgan fingerprint density at radius 3 is 1.79 bits per heavy atom. The molecule has 1 aliphatic heterocycles. The van der Waals surface area contributed by atoms with Crippen molar-refractivity contribution in [2.24, 2.45) is 22.2 Å². The Morgan fingerprint density at radius 1 is 1.21 bits per heavy atom. The van der Waals surface area contributed by atoms with Crippen molar-refractivity contribution in [3.63, 3.8) is 0 Å². The summed E-state index contributed by atoms with van der Waals surface area (Å²) in [4.78, 5) is 13.8. The maximum Gasteiger partial charge on any atom is 0.349 e. The molecule has 6 nitrogen and oxygen atoms in total. The summed E-state index contributed by atoms with van der Waals surface area (Å²) in [7, 11) is 4.50. The van der Waals surface area contributed by atoms with Crippen molar-refractivity contribution in [3.05, 3.63) is 0 Å². The van der Waals surface area contributed by atoms with E-state index in [0.717, 1.165) is 6.42 Å². The molecule has 1 aliphatic rings. The van der Waals surface area contributed by atoms with Gasteiger partial charge in [-0.25, -0.2) is 4.79 Å². The summed E-state index contributed by atoms with van der Waals surface area (Å²) in [6.45, 7) is 0.696. The average molecular weight is 206 g/mol. The number of nitrogens with zero attached hydrogens (tertiary/aromatic N) is 1. The third-order valence-electron chi connectivity index (χ3n) is 1.12. The van der Waals surface area contributed by atoms with Crippen LogP contribution >= 0.6 is 0 Å². The quantitative estimate of drug-likeness (QED) is 0.439. The van der Waals surface area contributed by atoms with E-state index < -0.39 is 5.97 Å². The fraction of sp³-hybridized carbons (Fsp3) is 0.750. The normalized spacial score (nSPS) is 11.7. The molecule has 14 heavy (non-hydrogen) atoms. The molecule has 0 unspecified atom stereocenters. The van der Waals surface area contributed by atoms with E-state index in [4.69, 9.17) is 5.11 Å². The van der Waals surface area contributed by atoms with Crippen molar-refractivity contribution in [3.8, 4) is 0 Å². The Morgan fingerprint density at radius 2 is 1.64 bits per heavy atom. The molecule has 0 saturated carbocycles. The summed E-state index contributed by atoms with van der Waals surface area (Å²) in [5.74, 6) is -0.859. The molecular formula is C8H22N4O2. The zero-order valence-corrected chi connectivity index (χ0v) is 9.16. The highest BCUT2D eigenvalue weighted by Crippen LogP contribution is 2.02. The van der Waals surface area contributed by atoms with Crippen LogP contribution in [0.1, 0.15) is 12.8 Å². The van der Waals surface area contributed by atoms with Crippen molar-refractivity contribution >= 4 is 11.7 Å². The summed E-state index contributed by atoms with van der Waals surface area (Å²) in [6, 6.07) is 0. The molecule has 0 bridgehead atoms. The number of carboxylic acid groups (broad SMARTS) is 1. The molecule has 0 aromatic carbocycles. The molecule has 0 spiro atoms. The minimum Gasteiger partial charge on any atom is -0.477 e. The fourth-order valence-electron chi connectivity index (χ4n) is 0.714. The molecule has 1 heterocycles. The largest absolute Gasteiger partial charge is 0.477 e. The highest BCUT2D eigenvalue weighted by molar-refractivity contribution is 6.35. The Labute approximate surface area is 85.2 Å². The summed E-state index contributed by atoms with van der Waals surface area (Å²) in [5, 5.41) is 8.28. The first-order valence-electron chi connectivity index (χ1n) is 4.30. The van der Waals surface area contributed by atoms with Crippen LogP contribution in [0, 0.1) is 0 Å². The molecule has 0 radical (unpaired) electrons. The Bertz CT molecular complexity index is 148. The van der Waals surface area contributed by atoms with Crippen LogP contribution in [0.15, 0.2) is 4.99 Å². The van der Waals surface area contributed by atoms with Gasteiger partial charge in [0.05, 0.1) is 0 Å². The van der Waals surface area contributed by atoms with E-state index in [1.54, 1.807) is 0 Å². The molecule has 6 heteroatoms. The Balaban J connectivity index is -0.000000174. The SMILES string of the molecule is CN.CN.CN.O=C(O)C1=NCCC1. The van der Waals surface area contributed by atoms with Gasteiger partial charge in [0.2, 0.25) is 0 Å². The lowest BCUT2D eigenvalue weighted by Crippen LogP contribution is -2.08. The zero-order chi connectivity index (χ0) is 12.0. The molecule has 0 aliphatic carbocycles. The number of carbonyl (C=O) groups is 1. The van der Waals surface area contributed by atoms with Crippen molar-refractivity contribution < 1.29 is 9.90 Å². The second-order valence-electron chi connectivity index (χ2n) is 1.74. The second-order valence-corrected chi connectivity index (χ2v) is 1.74. The molecular weight excluding hydrogens is 184 g/mol. The number of hydrogen-bond donors (Lipinski definition) is 4. The van der Waals surface area contributed by atoms with E-state index in [1.165, 1.54) is 21.1 Å². The van der Waals surface area contributed by atoms with E-state index in [1.807, 2.05) is 0 Å². The van der Waals surface area contributed by atoms with Gasteiger partial charge in [-0.1, -0.05) is 0 Å². The number of nitrogens with two attached hydrogens (primary N) is 3. The van der Waals surface area contributed by atoms with E-state index in [2.05, 4.69) is 22.2 Å². The van der Waals surface area contributed by atoms with Gasteiger partial charge in [-0.3, -0.25) is 4.99 Å². The van der Waals surface area contributed by atoms with Gasteiger partial charge in [-0.2, -0.15) is 0 Å². The maximum atomic E-state index is 10.1. The first-order valence-corrected chi connectivity index (χ1v) is 4.30. The lowest BCUT2D eigenvalue weighted by Gasteiger charge is -1.84. The zero-order valence-electron chi connectivity index (χ0n) is 9.16. The van der Waals surface area contributed by atoms with Gasteiger partial charge in [0, 0.05) is 6.54 Å². The van der Waals surface area contributed by atoms with Crippen LogP contribution in [0.3, 0.4) is 0 Å². The minimum atomic E-state index is -0.859. The third kappa shape index (κ3) is 11.0. The molecule has 0 aromatic heterocycles. The molecule has 86 valence electrons. The Kier molecular flexibility index (Phi) is 24.0. The van der Waals surface area contributed by atoms with Gasteiger partial charge in [0.1, 0.15) is 5.71 Å². The highest BCUT2D eigenvalue weighted by atomic mass is 16.4. The van der Waals surface area contributed by atoms with Gasteiger partial charge in [0.15, 0.2) is 0 Å². The lowest BCUT2D eigenvalue weighted by molar-refractivity contribution is -0.129. The van der Waals surface area contributed by atoms with Gasteiger partial charge in [0.25, 0.3) is 0 Å². The summed E-state index contributed by atoms with van der Waals surface area (Å²) in [6.07, 6.45) is 1.55. The molecule has 0 saturated heterocycles. The van der Waals surface area contributed by atoms with Crippen LogP contribution in [0.5, 0.6) is 0 Å². The molecule has 0 aromatic rings. The van der Waals surface area contributed by atoms with Gasteiger partial charge >= 0.3 is 5.97 Å². The average Bonchev–Trinajstić information content (AvgIpc) is 2.80. The standard InChI is InChI=1S/C5H7NO2.3CH5N/c7-5(8)4-2-1-3-6-4;3*1-2/h1-3H2,(H,7,8);3*2H2,1H3. The number of carboxylic acids is 1. The summed E-state index contributed by atoms with van der Waals surface area (Å²) >= 11 is 0. The maximum absolute atomic E-state index is 10.1. The van der Waals surface area contributed by atoms with Crippen molar-refractivity contribution in [1.29, 1.82) is 0 Å². The second kappa shape index (κ2) is 17.9. The van der Waals surface area contributed by atoms with Crippen LogP contribution in [0.2, 0.25) is 0 Å². The predicted molar refractivity (Wildman–Crippen MR) is 59.5 cm³/mol. The number of hydrogen-bond acceptors (Lipinski definition) is 5. The van der Waals surface area contributed by atoms with E-state index in [-0.39, 0.29) is 0 Å². The van der Waals surface area contributed by atoms with E-state index in [9.17, 15) is 4.79 Å². The van der Waals surface area contributed by atoms with Gasteiger partial charge in [-0.05, 0) is 34.0 Å². The van der Waals surface area contributed by atoms with Crippen molar-refractivity contribution in [1.82, 2.24) is 0 Å². The van der Waals surface area contributed by atoms with Crippen LogP contribution in [-0.2, 0) is 4.79 Å². The number of rotatable bonds is 1. The van der Waals surface area contributed by atoms with Crippen LogP contribution in [0.4, 0.5) is 0 Å². The fourth-order valence-corrected chi connectivity index (χ4v) is 0.714. The van der Waals surface area contributed by atoms with E-state index >= 15 is 0 Å². The van der Waals surface area contributed by atoms with Gasteiger partial charge < -0.3 is 22.3 Å². The summed E-state index contributed by atoms with van der Waals surface area (Å²) < 4.78 is 0. The molecule has 0 fully saturated rings. The predicted octanol–water partition coefficient (Wildman–Crippen LogP) is -0.969. The monoisotopic (exact) mass is 206 g/mol. The lowest BCUT2D eigenvalue weighted by atomic mass is 10.2. The number of aliphatic imine (C=N–C) groups is 1. The van der Waals surface area contributed by atoms with E-state index in [0.29, 0.717) is 18.7 Å². The smallest absolute Gasteiger partial charge is 0.349 e. The number of aliphatic carboxylic acids is 1. The van der Waals surface area contributed by atoms with Gasteiger partial charge in [-0.15, -0.1) is 0 Å². The minimum absolute atomic E-state index is 0.338. The molecule has 0 amide bonds. The topological polar surface area (TPSA) is 128 Å². The first kappa shape index (κ1) is 18.7. The molecule has 0 atom stereocenters. The third-order valence-corrected chi connectivity index (χ3v) is 1.12. The van der Waals surface area contributed by atoms with Crippen LogP contribution < -0.4 is 17.2 Å². The molecule has 1 rings (SSSR count). The van der Waals surface area contributed by atoms with Crippen molar-refractivity contribution in [2.75, 3.05) is 27.7 Å². The Hall–Kier alpha value is -0.980. The van der Waals surface area contributed by atoms with Crippen LogP contribution in [-0.4, -0.2) is 44.5 Å². The molecule has 7 N–H and O–H groups in total. The first-order chi connectivity index (χ1) is 6.80.